The summed E-state index contributed by atoms with van der Waals surface area (Å²) in [5.74, 6) is 0. The number of rotatable bonds is 0. The maximum absolute atomic E-state index is 0. The van der Waals surface area contributed by atoms with E-state index in [1.165, 1.54) is 0 Å². The monoisotopic (exact) mass is 518 g/mol. The summed E-state index contributed by atoms with van der Waals surface area (Å²) in [5, 5.41) is 0. The summed E-state index contributed by atoms with van der Waals surface area (Å²) in [7, 11) is 0. The fourth-order valence-electron chi connectivity index (χ4n) is 0. The van der Waals surface area contributed by atoms with Crippen LogP contribution in [0.25, 0.3) is 0 Å². The molecular weight excluding hydrogens is 517 g/mol. The molecule has 0 aliphatic rings. The molecule has 0 aromatic heterocycles. The average Bonchev–Trinajstić information content (AvgIpc) is 0. The maximum Gasteiger partial charge on any atom is 5.00 e. The molecule has 0 radical (unpaired) electrons. The third kappa shape index (κ3) is 346. The zero-order valence-corrected chi connectivity index (χ0v) is 21.9. The Morgan fingerprint density at radius 3 is 0.263 bits per heavy atom. The molecule has 0 aromatic rings. The predicted molar refractivity (Wildman–Crippen MR) is 7.55 cm³/mol. The Balaban J connectivity index is 0. The van der Waals surface area contributed by atoms with E-state index in [0.29, 0.717) is 0 Å². The Kier molecular flexibility index (Phi) is 8590. The van der Waals surface area contributed by atoms with Crippen LogP contribution in [0.2, 0.25) is 0 Å². The smallest absolute Gasteiger partial charge is 2.00 e. The molecule has 0 amide bonds. The molecule has 0 unspecified atom stereocenters. The van der Waals surface area contributed by atoms with Crippen LogP contribution in [0.15, 0.2) is 0 Å². The van der Waals surface area contributed by atoms with E-state index >= 15 is 0 Å². The van der Waals surface area contributed by atoms with E-state index in [2.05, 4.69) is 0 Å². The average molecular weight is 517 g/mol. The normalized spacial score (nSPS) is 0. The molecular formula is Li2Na2Nb2O11Ti2. The van der Waals surface area contributed by atoms with Crippen molar-refractivity contribution in [3.05, 3.63) is 0 Å². The fourth-order valence-corrected chi connectivity index (χ4v) is 0. The van der Waals surface area contributed by atoms with Gasteiger partial charge < -0.3 is 60.2 Å². The molecule has 0 N–H and O–H groups in total. The van der Waals surface area contributed by atoms with E-state index in [-0.39, 0.29) is 245 Å². The Hall–Kier alpha value is 5.66. The minimum Gasteiger partial charge on any atom is -2.00 e. The van der Waals surface area contributed by atoms with E-state index < -0.39 is 0 Å². The van der Waals surface area contributed by atoms with Gasteiger partial charge in [0.05, 0.1) is 0 Å². The van der Waals surface area contributed by atoms with E-state index in [1.807, 2.05) is 0 Å². The Labute approximate surface area is 240 Å². The van der Waals surface area contributed by atoms with E-state index in [9.17, 15) is 0 Å². The first-order valence-electron chi connectivity index (χ1n) is 0. The van der Waals surface area contributed by atoms with Gasteiger partial charge in [0, 0.05) is 0 Å². The molecule has 0 heterocycles. The summed E-state index contributed by atoms with van der Waals surface area (Å²) in [6.45, 7) is 0. The van der Waals surface area contributed by atoms with Gasteiger partial charge in [0.1, 0.15) is 0 Å². The third-order valence-electron chi connectivity index (χ3n) is 0. The van der Waals surface area contributed by atoms with Crippen LogP contribution < -0.4 is 96.8 Å². The topological polar surface area (TPSA) is 314 Å². The van der Waals surface area contributed by atoms with Gasteiger partial charge in [-0.05, 0) is 0 Å². The molecule has 0 saturated carbocycles. The zero-order valence-electron chi connectivity index (χ0n) is 10.4. The second-order valence-corrected chi connectivity index (χ2v) is 0. The molecule has 0 bridgehead atoms. The van der Waals surface area contributed by atoms with Crippen molar-refractivity contribution in [1.29, 1.82) is 0 Å². The minimum atomic E-state index is 0. The molecule has 19 heavy (non-hydrogen) atoms. The van der Waals surface area contributed by atoms with Crippen molar-refractivity contribution in [3.63, 3.8) is 0 Å². The van der Waals surface area contributed by atoms with E-state index in [0.717, 1.165) is 0 Å². The van der Waals surface area contributed by atoms with Gasteiger partial charge in [-0.2, -0.15) is 0 Å². The minimum absolute atomic E-state index is 0. The number of hydrogen-bond acceptors (Lipinski definition) is 0. The van der Waals surface area contributed by atoms with Gasteiger partial charge in [0.2, 0.25) is 0 Å². The van der Waals surface area contributed by atoms with Gasteiger partial charge in [0.15, 0.2) is 0 Å². The van der Waals surface area contributed by atoms with Crippen molar-refractivity contribution in [2.24, 2.45) is 0 Å². The molecule has 0 saturated heterocycles. The van der Waals surface area contributed by atoms with Gasteiger partial charge in [0.25, 0.3) is 0 Å². The summed E-state index contributed by atoms with van der Waals surface area (Å²) < 4.78 is 0. The van der Waals surface area contributed by atoms with E-state index in [4.69, 9.17) is 0 Å². The first-order valence-corrected chi connectivity index (χ1v) is 0. The van der Waals surface area contributed by atoms with Gasteiger partial charge in [-0.3, -0.25) is 0 Å². The van der Waals surface area contributed by atoms with Crippen LogP contribution in [0.4, 0.5) is 0 Å². The summed E-state index contributed by atoms with van der Waals surface area (Å²) in [6, 6.07) is 0. The van der Waals surface area contributed by atoms with Crippen molar-refractivity contribution >= 4 is 0 Å². The molecule has 0 atom stereocenters. The van der Waals surface area contributed by atoms with Gasteiger partial charge in [-0.15, -0.1) is 0 Å². The molecule has 0 aromatic carbocycles. The molecule has 0 fully saturated rings. The van der Waals surface area contributed by atoms with Crippen molar-refractivity contribution in [2.45, 2.75) is 0 Å². The summed E-state index contributed by atoms with van der Waals surface area (Å²) in [6.07, 6.45) is 0. The molecule has 11 nitrogen and oxygen atoms in total. The quantitative estimate of drug-likeness (QED) is 0.270. The summed E-state index contributed by atoms with van der Waals surface area (Å²) in [5.41, 5.74) is 0. The Morgan fingerprint density at radius 1 is 0.263 bits per heavy atom. The van der Waals surface area contributed by atoms with Crippen molar-refractivity contribution in [2.75, 3.05) is 0 Å². The molecule has 0 aliphatic carbocycles. The van der Waals surface area contributed by atoms with Crippen LogP contribution in [0.3, 0.4) is 0 Å². The fraction of sp³-hybridized carbons (Fsp3) is 0. The van der Waals surface area contributed by atoms with Crippen LogP contribution in [-0.2, 0) is 148 Å². The molecule has 0 spiro atoms. The second kappa shape index (κ2) is 379. The van der Waals surface area contributed by atoms with Crippen molar-refractivity contribution in [3.8, 4) is 0 Å². The predicted octanol–water partition coefficient (Wildman–Crippen LogP) is -13.3. The van der Waals surface area contributed by atoms with Crippen LogP contribution in [0.5, 0.6) is 0 Å². The van der Waals surface area contributed by atoms with Crippen LogP contribution in [0, 0.1) is 0 Å². The summed E-state index contributed by atoms with van der Waals surface area (Å²) in [4.78, 5) is 0. The van der Waals surface area contributed by atoms with Crippen molar-refractivity contribution in [1.82, 2.24) is 0 Å². The Morgan fingerprint density at radius 2 is 0.263 bits per heavy atom. The molecule has 19 heteroatoms. The summed E-state index contributed by atoms with van der Waals surface area (Å²) >= 11 is 0. The zero-order chi connectivity index (χ0) is 0. The largest absolute Gasteiger partial charge is 5.00 e. The van der Waals surface area contributed by atoms with Crippen LogP contribution in [-0.4, -0.2) is 0 Å². The molecule has 0 rings (SSSR count). The van der Waals surface area contributed by atoms with Crippen LogP contribution >= 0.6 is 0 Å². The Bertz CT molecular complexity index is 34.7. The first-order chi connectivity index (χ1) is 0. The second-order valence-electron chi connectivity index (χ2n) is 0. The standard InChI is InChI=1S/2Li.2Na.2Nb.11O.2Ti/q4*+1;2*+5;11*-2;2*+4. The van der Waals surface area contributed by atoms with E-state index in [1.54, 1.807) is 0 Å². The maximum atomic E-state index is 0. The van der Waals surface area contributed by atoms with Gasteiger partial charge >= 0.3 is 185 Å². The van der Waals surface area contributed by atoms with Crippen molar-refractivity contribution < 1.29 is 245 Å². The van der Waals surface area contributed by atoms with Gasteiger partial charge in [-0.25, -0.2) is 0 Å². The number of hydrogen-bond donors (Lipinski definition) is 0. The van der Waals surface area contributed by atoms with Gasteiger partial charge in [-0.1, -0.05) is 0 Å². The van der Waals surface area contributed by atoms with Crippen LogP contribution in [0.1, 0.15) is 0 Å². The third-order valence-corrected chi connectivity index (χ3v) is 0. The molecule has 88 valence electrons. The molecule has 0 aliphatic heterocycles. The first kappa shape index (κ1) is 431. The SMILES string of the molecule is [Li+].[Li+].[Na+].[Na+].[Nb+5].[Nb+5].[O-2].[O-2].[O-2].[O-2].[O-2].[O-2].[O-2].[O-2].[O-2].[O-2].[O-2].[Ti+4].[Ti+4].